The van der Waals surface area contributed by atoms with Gasteiger partial charge in [-0.3, -0.25) is 9.44 Å². The van der Waals surface area contributed by atoms with Crippen LogP contribution in [-0.2, 0) is 20.0 Å². The Hall–Kier alpha value is -2.91. The van der Waals surface area contributed by atoms with Gasteiger partial charge >= 0.3 is 0 Å². The SMILES string of the molecule is Cc1ccc(NS(=O)(=O)c2ccc(C)c(NS(=O)(=O)c3ccc(F)cc3)c2)c(C)c1. The molecule has 6 nitrogen and oxygen atoms in total. The van der Waals surface area contributed by atoms with Crippen LogP contribution in [0.5, 0.6) is 0 Å². The Morgan fingerprint density at radius 1 is 0.633 bits per heavy atom. The van der Waals surface area contributed by atoms with Crippen molar-refractivity contribution in [3.63, 3.8) is 0 Å². The molecule has 0 unspecified atom stereocenters. The molecule has 0 fully saturated rings. The minimum Gasteiger partial charge on any atom is -0.279 e. The lowest BCUT2D eigenvalue weighted by Gasteiger charge is -2.14. The van der Waals surface area contributed by atoms with Crippen molar-refractivity contribution in [1.29, 1.82) is 0 Å². The third kappa shape index (κ3) is 4.80. The molecule has 3 rings (SSSR count). The van der Waals surface area contributed by atoms with Crippen LogP contribution in [0.2, 0.25) is 0 Å². The van der Waals surface area contributed by atoms with Gasteiger partial charge in [-0.15, -0.1) is 0 Å². The molecular formula is C21H21FN2O4S2. The summed E-state index contributed by atoms with van der Waals surface area (Å²) in [5, 5.41) is 0. The highest BCUT2D eigenvalue weighted by molar-refractivity contribution is 7.93. The molecule has 0 bridgehead atoms. The molecule has 0 aliphatic heterocycles. The Balaban J connectivity index is 1.93. The van der Waals surface area contributed by atoms with Crippen LogP contribution in [0.25, 0.3) is 0 Å². The average Bonchev–Trinajstić information content (AvgIpc) is 2.66. The van der Waals surface area contributed by atoms with E-state index in [0.717, 1.165) is 35.4 Å². The average molecular weight is 449 g/mol. The number of rotatable bonds is 6. The number of aryl methyl sites for hydroxylation is 3. The first kappa shape index (κ1) is 21.8. The van der Waals surface area contributed by atoms with Gasteiger partial charge in [-0.1, -0.05) is 23.8 Å². The van der Waals surface area contributed by atoms with Crippen LogP contribution >= 0.6 is 0 Å². The van der Waals surface area contributed by atoms with Crippen molar-refractivity contribution in [3.05, 3.63) is 83.2 Å². The largest absolute Gasteiger partial charge is 0.279 e. The first-order valence-electron chi connectivity index (χ1n) is 8.97. The van der Waals surface area contributed by atoms with Crippen LogP contribution in [-0.4, -0.2) is 16.8 Å². The predicted molar refractivity (Wildman–Crippen MR) is 115 cm³/mol. The van der Waals surface area contributed by atoms with Gasteiger partial charge in [-0.2, -0.15) is 0 Å². The Labute approximate surface area is 175 Å². The lowest BCUT2D eigenvalue weighted by Crippen LogP contribution is -2.16. The van der Waals surface area contributed by atoms with E-state index < -0.39 is 25.9 Å². The van der Waals surface area contributed by atoms with Gasteiger partial charge in [0.05, 0.1) is 21.2 Å². The van der Waals surface area contributed by atoms with Crippen LogP contribution in [0.15, 0.2) is 70.5 Å². The number of anilines is 2. The Morgan fingerprint density at radius 2 is 1.20 bits per heavy atom. The Kier molecular flexibility index (Phi) is 5.87. The maximum absolute atomic E-state index is 13.1. The van der Waals surface area contributed by atoms with Crippen LogP contribution in [0.3, 0.4) is 0 Å². The van der Waals surface area contributed by atoms with Gasteiger partial charge in [0.15, 0.2) is 0 Å². The van der Waals surface area contributed by atoms with E-state index in [9.17, 15) is 21.2 Å². The molecule has 0 aliphatic carbocycles. The van der Waals surface area contributed by atoms with E-state index in [0.29, 0.717) is 11.3 Å². The lowest BCUT2D eigenvalue weighted by molar-refractivity contribution is 0.597. The van der Waals surface area contributed by atoms with E-state index >= 15 is 0 Å². The van der Waals surface area contributed by atoms with Crippen molar-refractivity contribution in [3.8, 4) is 0 Å². The molecule has 0 spiro atoms. The molecule has 0 atom stereocenters. The van der Waals surface area contributed by atoms with Crippen molar-refractivity contribution < 1.29 is 21.2 Å². The monoisotopic (exact) mass is 448 g/mol. The fraction of sp³-hybridized carbons (Fsp3) is 0.143. The standard InChI is InChI=1S/C21H21FN2O4S2/c1-14-4-11-20(16(3)12-14)23-30(27,28)19-8-5-15(2)21(13-19)24-29(25,26)18-9-6-17(22)7-10-18/h4-13,23-24H,1-3H3. The fourth-order valence-electron chi connectivity index (χ4n) is 2.83. The minimum absolute atomic E-state index is 0.0927. The maximum Gasteiger partial charge on any atom is 0.261 e. The molecular weight excluding hydrogens is 427 g/mol. The summed E-state index contributed by atoms with van der Waals surface area (Å²) in [6.07, 6.45) is 0. The van der Waals surface area contributed by atoms with E-state index in [1.54, 1.807) is 26.0 Å². The number of hydrogen-bond donors (Lipinski definition) is 2. The predicted octanol–water partition coefficient (Wildman–Crippen LogP) is 4.35. The highest BCUT2D eigenvalue weighted by atomic mass is 32.2. The molecule has 0 radical (unpaired) electrons. The fourth-order valence-corrected chi connectivity index (χ4v) is 5.11. The van der Waals surface area contributed by atoms with Crippen LogP contribution < -0.4 is 9.44 Å². The van der Waals surface area contributed by atoms with E-state index in [2.05, 4.69) is 9.44 Å². The second-order valence-corrected chi connectivity index (χ2v) is 10.3. The quantitative estimate of drug-likeness (QED) is 0.586. The minimum atomic E-state index is -4.02. The van der Waals surface area contributed by atoms with Crippen molar-refractivity contribution in [2.75, 3.05) is 9.44 Å². The van der Waals surface area contributed by atoms with Gasteiger partial charge in [0.2, 0.25) is 0 Å². The van der Waals surface area contributed by atoms with Crippen molar-refractivity contribution in [2.45, 2.75) is 30.6 Å². The first-order valence-corrected chi connectivity index (χ1v) is 11.9. The smallest absolute Gasteiger partial charge is 0.261 e. The molecule has 2 N–H and O–H groups in total. The highest BCUT2D eigenvalue weighted by Crippen LogP contribution is 2.26. The molecule has 0 aromatic heterocycles. The molecule has 0 heterocycles. The van der Waals surface area contributed by atoms with Gasteiger partial charge in [-0.05, 0) is 74.4 Å². The van der Waals surface area contributed by atoms with E-state index in [1.807, 2.05) is 13.0 Å². The zero-order valence-electron chi connectivity index (χ0n) is 16.6. The third-order valence-corrected chi connectivity index (χ3v) is 7.26. The zero-order valence-corrected chi connectivity index (χ0v) is 18.2. The van der Waals surface area contributed by atoms with Gasteiger partial charge in [0, 0.05) is 0 Å². The molecule has 0 saturated heterocycles. The summed E-state index contributed by atoms with van der Waals surface area (Å²) >= 11 is 0. The highest BCUT2D eigenvalue weighted by Gasteiger charge is 2.20. The lowest BCUT2D eigenvalue weighted by atomic mass is 10.1. The maximum atomic E-state index is 13.1. The normalized spacial score (nSPS) is 11.9. The van der Waals surface area contributed by atoms with Crippen LogP contribution in [0.1, 0.15) is 16.7 Å². The second kappa shape index (κ2) is 8.08. The van der Waals surface area contributed by atoms with E-state index in [1.165, 1.54) is 18.2 Å². The Morgan fingerprint density at radius 3 is 1.83 bits per heavy atom. The van der Waals surface area contributed by atoms with Gasteiger partial charge in [0.25, 0.3) is 20.0 Å². The summed E-state index contributed by atoms with van der Waals surface area (Å²) in [6, 6.07) is 13.8. The molecule has 158 valence electrons. The number of halogens is 1. The first-order chi connectivity index (χ1) is 14.0. The van der Waals surface area contributed by atoms with E-state index in [-0.39, 0.29) is 15.5 Å². The van der Waals surface area contributed by atoms with Crippen molar-refractivity contribution in [2.24, 2.45) is 0 Å². The summed E-state index contributed by atoms with van der Waals surface area (Å²) in [6.45, 7) is 5.35. The van der Waals surface area contributed by atoms with Crippen LogP contribution in [0.4, 0.5) is 15.8 Å². The topological polar surface area (TPSA) is 92.3 Å². The number of sulfonamides is 2. The van der Waals surface area contributed by atoms with Gasteiger partial charge in [0.1, 0.15) is 5.82 Å². The second-order valence-electron chi connectivity index (χ2n) is 6.96. The zero-order chi connectivity index (χ0) is 22.1. The third-order valence-electron chi connectivity index (χ3n) is 4.51. The molecule has 3 aromatic rings. The van der Waals surface area contributed by atoms with Crippen LogP contribution in [0, 0.1) is 26.6 Å². The summed E-state index contributed by atoms with van der Waals surface area (Å²) in [4.78, 5) is -0.227. The summed E-state index contributed by atoms with van der Waals surface area (Å²) < 4.78 is 68.9. The van der Waals surface area contributed by atoms with Crippen molar-refractivity contribution in [1.82, 2.24) is 0 Å². The summed E-state index contributed by atoms with van der Waals surface area (Å²) in [5.74, 6) is -0.560. The number of benzene rings is 3. The summed E-state index contributed by atoms with van der Waals surface area (Å²) in [5.41, 5.74) is 2.86. The molecule has 3 aromatic carbocycles. The summed E-state index contributed by atoms with van der Waals surface area (Å²) in [7, 11) is -7.97. The van der Waals surface area contributed by atoms with Gasteiger partial charge in [-0.25, -0.2) is 21.2 Å². The molecule has 0 saturated carbocycles. The van der Waals surface area contributed by atoms with Gasteiger partial charge < -0.3 is 0 Å². The molecule has 9 heteroatoms. The molecule has 30 heavy (non-hydrogen) atoms. The number of nitrogens with one attached hydrogen (secondary N) is 2. The van der Waals surface area contributed by atoms with Crippen molar-refractivity contribution >= 4 is 31.4 Å². The molecule has 0 aliphatic rings. The van der Waals surface area contributed by atoms with E-state index in [4.69, 9.17) is 0 Å². The number of hydrogen-bond acceptors (Lipinski definition) is 4. The molecule has 0 amide bonds. The Bertz CT molecular complexity index is 1300.